The van der Waals surface area contributed by atoms with E-state index in [0.29, 0.717) is 40.7 Å². The van der Waals surface area contributed by atoms with Crippen molar-refractivity contribution in [2.24, 2.45) is 0 Å². The van der Waals surface area contributed by atoms with Crippen molar-refractivity contribution in [2.45, 2.75) is 6.61 Å². The number of carbonyl (C=O) groups is 2. The highest BCUT2D eigenvalue weighted by Crippen LogP contribution is 2.21. The van der Waals surface area contributed by atoms with Crippen LogP contribution in [-0.2, 0) is 11.3 Å². The van der Waals surface area contributed by atoms with E-state index < -0.39 is 0 Å². The van der Waals surface area contributed by atoms with Gasteiger partial charge in [0.1, 0.15) is 12.4 Å². The molecule has 0 bridgehead atoms. The summed E-state index contributed by atoms with van der Waals surface area (Å²) in [6.45, 7) is 1.07. The van der Waals surface area contributed by atoms with E-state index in [2.05, 4.69) is 10.6 Å². The van der Waals surface area contributed by atoms with Gasteiger partial charge in [0.15, 0.2) is 0 Å². The molecule has 0 atom stereocenters. The summed E-state index contributed by atoms with van der Waals surface area (Å²) in [7, 11) is 1.56. The highest BCUT2D eigenvalue weighted by Gasteiger charge is 2.14. The van der Waals surface area contributed by atoms with Gasteiger partial charge in [-0.15, -0.1) is 0 Å². The fourth-order valence-corrected chi connectivity index (χ4v) is 3.04. The second-order valence-corrected chi connectivity index (χ2v) is 7.06. The van der Waals surface area contributed by atoms with Gasteiger partial charge in [-0.2, -0.15) is 0 Å². The minimum Gasteiger partial charge on any atom is -0.489 e. The Morgan fingerprint density at radius 3 is 2.52 bits per heavy atom. The SMILES string of the molecule is COCCNC(=O)c1ccccc1NC(=O)c1cccc(OCc2ccccc2Cl)c1. The molecule has 0 spiro atoms. The van der Waals surface area contributed by atoms with E-state index in [1.165, 1.54) is 0 Å². The molecule has 3 aromatic rings. The fraction of sp³-hybridized carbons (Fsp3) is 0.167. The van der Waals surface area contributed by atoms with Crippen molar-refractivity contribution >= 4 is 29.1 Å². The van der Waals surface area contributed by atoms with Crippen LogP contribution in [-0.4, -0.2) is 32.1 Å². The molecule has 0 saturated carbocycles. The van der Waals surface area contributed by atoms with Crippen LogP contribution in [0.4, 0.5) is 5.69 Å². The summed E-state index contributed by atoms with van der Waals surface area (Å²) in [5, 5.41) is 6.18. The number of amides is 2. The summed E-state index contributed by atoms with van der Waals surface area (Å²) in [6, 6.07) is 21.1. The number of ether oxygens (including phenoxy) is 2. The van der Waals surface area contributed by atoms with Crippen molar-refractivity contribution in [1.82, 2.24) is 5.32 Å². The first kappa shape index (κ1) is 22.3. The molecule has 3 rings (SSSR count). The van der Waals surface area contributed by atoms with E-state index in [0.717, 1.165) is 5.56 Å². The number of methoxy groups -OCH3 is 1. The van der Waals surface area contributed by atoms with E-state index in [1.54, 1.807) is 61.7 Å². The third-order valence-electron chi connectivity index (χ3n) is 4.46. The van der Waals surface area contributed by atoms with E-state index >= 15 is 0 Å². The first-order valence-corrected chi connectivity index (χ1v) is 10.1. The monoisotopic (exact) mass is 438 g/mol. The second-order valence-electron chi connectivity index (χ2n) is 6.66. The van der Waals surface area contributed by atoms with Crippen LogP contribution in [0.2, 0.25) is 5.02 Å². The Morgan fingerprint density at radius 1 is 0.935 bits per heavy atom. The molecule has 0 unspecified atom stereocenters. The maximum absolute atomic E-state index is 12.8. The van der Waals surface area contributed by atoms with Crippen LogP contribution in [0.5, 0.6) is 5.75 Å². The summed E-state index contributed by atoms with van der Waals surface area (Å²) in [5.41, 5.74) is 2.06. The summed E-state index contributed by atoms with van der Waals surface area (Å²) < 4.78 is 10.7. The number of hydrogen-bond donors (Lipinski definition) is 2. The molecule has 0 fully saturated rings. The molecule has 2 N–H and O–H groups in total. The van der Waals surface area contributed by atoms with E-state index in [-0.39, 0.29) is 18.4 Å². The lowest BCUT2D eigenvalue weighted by atomic mass is 10.1. The van der Waals surface area contributed by atoms with Gasteiger partial charge >= 0.3 is 0 Å². The highest BCUT2D eigenvalue weighted by atomic mass is 35.5. The largest absolute Gasteiger partial charge is 0.489 e. The first-order valence-electron chi connectivity index (χ1n) is 9.72. The molecule has 0 radical (unpaired) electrons. The summed E-state index contributed by atoms with van der Waals surface area (Å²) in [6.07, 6.45) is 0. The lowest BCUT2D eigenvalue weighted by molar-refractivity contribution is 0.0938. The molecule has 0 aliphatic rings. The summed E-state index contributed by atoms with van der Waals surface area (Å²) >= 11 is 6.16. The predicted octanol–water partition coefficient (Wildman–Crippen LogP) is 4.55. The Morgan fingerprint density at radius 2 is 1.71 bits per heavy atom. The third kappa shape index (κ3) is 6.31. The van der Waals surface area contributed by atoms with Gasteiger partial charge in [0, 0.05) is 29.8 Å². The highest BCUT2D eigenvalue weighted by molar-refractivity contribution is 6.31. The molecule has 3 aromatic carbocycles. The Hall–Kier alpha value is -3.35. The van der Waals surface area contributed by atoms with Gasteiger partial charge in [-0.05, 0) is 36.4 Å². The van der Waals surface area contributed by atoms with Crippen molar-refractivity contribution < 1.29 is 19.1 Å². The Balaban J connectivity index is 1.68. The molecule has 0 aliphatic heterocycles. The zero-order valence-electron chi connectivity index (χ0n) is 17.1. The van der Waals surface area contributed by atoms with Gasteiger partial charge in [-0.25, -0.2) is 0 Å². The maximum Gasteiger partial charge on any atom is 0.255 e. The normalized spacial score (nSPS) is 10.4. The van der Waals surface area contributed by atoms with Gasteiger partial charge in [-0.1, -0.05) is 48.0 Å². The zero-order chi connectivity index (χ0) is 22.1. The predicted molar refractivity (Wildman–Crippen MR) is 121 cm³/mol. The van der Waals surface area contributed by atoms with E-state index in [9.17, 15) is 9.59 Å². The molecule has 0 heterocycles. The smallest absolute Gasteiger partial charge is 0.255 e. The Kier molecular flexibility index (Phi) is 8.04. The van der Waals surface area contributed by atoms with Crippen LogP contribution in [0.25, 0.3) is 0 Å². The van der Waals surface area contributed by atoms with Crippen LogP contribution in [0.3, 0.4) is 0 Å². The molecule has 160 valence electrons. The van der Waals surface area contributed by atoms with Gasteiger partial charge in [0.2, 0.25) is 0 Å². The number of anilines is 1. The number of para-hydroxylation sites is 1. The van der Waals surface area contributed by atoms with Crippen LogP contribution >= 0.6 is 11.6 Å². The van der Waals surface area contributed by atoms with Crippen molar-refractivity contribution in [3.05, 3.63) is 94.5 Å². The Bertz CT molecular complexity index is 1060. The van der Waals surface area contributed by atoms with Gasteiger partial charge in [0.05, 0.1) is 17.9 Å². The number of halogens is 1. The molecule has 0 aliphatic carbocycles. The van der Waals surface area contributed by atoms with Gasteiger partial charge in [-0.3, -0.25) is 9.59 Å². The quantitative estimate of drug-likeness (QED) is 0.480. The Labute approximate surface area is 186 Å². The summed E-state index contributed by atoms with van der Waals surface area (Å²) in [5.74, 6) is -0.0942. The van der Waals surface area contributed by atoms with Gasteiger partial charge < -0.3 is 20.1 Å². The van der Waals surface area contributed by atoms with Crippen molar-refractivity contribution in [2.75, 3.05) is 25.6 Å². The zero-order valence-corrected chi connectivity index (χ0v) is 17.8. The topological polar surface area (TPSA) is 76.7 Å². The van der Waals surface area contributed by atoms with E-state index in [4.69, 9.17) is 21.1 Å². The minimum atomic E-state index is -0.347. The number of rotatable bonds is 9. The number of nitrogens with one attached hydrogen (secondary N) is 2. The van der Waals surface area contributed by atoms with Crippen molar-refractivity contribution in [3.8, 4) is 5.75 Å². The van der Waals surface area contributed by atoms with Crippen molar-refractivity contribution in [1.29, 1.82) is 0 Å². The molecule has 31 heavy (non-hydrogen) atoms. The summed E-state index contributed by atoms with van der Waals surface area (Å²) in [4.78, 5) is 25.2. The van der Waals surface area contributed by atoms with Crippen molar-refractivity contribution in [3.63, 3.8) is 0 Å². The fourth-order valence-electron chi connectivity index (χ4n) is 2.85. The molecular weight excluding hydrogens is 416 g/mol. The maximum atomic E-state index is 12.8. The van der Waals surface area contributed by atoms with Crippen LogP contribution in [0, 0.1) is 0 Å². The van der Waals surface area contributed by atoms with Gasteiger partial charge in [0.25, 0.3) is 11.8 Å². The molecule has 6 nitrogen and oxygen atoms in total. The molecule has 7 heteroatoms. The number of hydrogen-bond acceptors (Lipinski definition) is 4. The average molecular weight is 439 g/mol. The average Bonchev–Trinajstić information content (AvgIpc) is 2.79. The standard InChI is InChI=1S/C24H23ClN2O4/c1-30-14-13-26-24(29)20-10-3-5-12-22(20)27-23(28)17-8-6-9-19(15-17)31-16-18-7-2-4-11-21(18)25/h2-12,15H,13-14,16H2,1H3,(H,26,29)(H,27,28). The van der Waals surface area contributed by atoms with E-state index in [1.807, 2.05) is 18.2 Å². The number of carbonyl (C=O) groups excluding carboxylic acids is 2. The van der Waals surface area contributed by atoms with Crippen LogP contribution in [0.15, 0.2) is 72.8 Å². The minimum absolute atomic E-state index is 0.287. The van der Waals surface area contributed by atoms with Crippen LogP contribution in [0.1, 0.15) is 26.3 Å². The molecule has 2 amide bonds. The molecular formula is C24H23ClN2O4. The molecule has 0 aromatic heterocycles. The molecule has 0 saturated heterocycles. The number of benzene rings is 3. The third-order valence-corrected chi connectivity index (χ3v) is 4.83. The lowest BCUT2D eigenvalue weighted by Gasteiger charge is -2.12. The first-order chi connectivity index (χ1) is 15.1. The van der Waals surface area contributed by atoms with Crippen LogP contribution < -0.4 is 15.4 Å². The second kappa shape index (κ2) is 11.2. The lowest BCUT2D eigenvalue weighted by Crippen LogP contribution is -2.28.